The number of aliphatic hydroxyl groups is 2. The Morgan fingerprint density at radius 2 is 2.09 bits per heavy atom. The molecule has 0 amide bonds. The molecule has 3 N–H and O–H groups in total. The minimum atomic E-state index is -4.97. The fourth-order valence-electron chi connectivity index (χ4n) is 2.22. The van der Waals surface area contributed by atoms with Crippen LogP contribution in [0, 0.1) is 0 Å². The number of ether oxygens (including phenoxy) is 2. The lowest BCUT2D eigenvalue weighted by molar-refractivity contribution is -0.140. The fraction of sp³-hybridized carbons (Fsp3) is 0.636. The van der Waals surface area contributed by atoms with Crippen molar-refractivity contribution in [3.63, 3.8) is 0 Å². The van der Waals surface area contributed by atoms with Gasteiger partial charge in [0.2, 0.25) is 0 Å². The van der Waals surface area contributed by atoms with E-state index in [1.807, 2.05) is 0 Å². The quantitative estimate of drug-likeness (QED) is 0.644. The van der Waals surface area contributed by atoms with Gasteiger partial charge in [0, 0.05) is 13.3 Å². The van der Waals surface area contributed by atoms with Crippen molar-refractivity contribution in [2.75, 3.05) is 13.7 Å². The van der Waals surface area contributed by atoms with Crippen LogP contribution in [0.15, 0.2) is 15.8 Å². The molecule has 4 atom stereocenters. The lowest BCUT2D eigenvalue weighted by atomic mass is 10.1. The minimum Gasteiger partial charge on any atom is -0.394 e. The lowest BCUT2D eigenvalue weighted by Crippen LogP contribution is -2.40. The highest BCUT2D eigenvalue weighted by Gasteiger charge is 2.46. The maximum absolute atomic E-state index is 12.7. The molecule has 1 saturated heterocycles. The molecule has 2 heterocycles. The van der Waals surface area contributed by atoms with E-state index in [9.17, 15) is 27.9 Å². The summed E-state index contributed by atoms with van der Waals surface area (Å²) in [5.74, 6) is 0. The predicted octanol–water partition coefficient (Wildman–Crippen LogP) is -1.18. The molecule has 0 spiro atoms. The standard InChI is InChI=1S/C11H13F3N2O6/c1-21-7-6(18)5(3-17)22-9(7)16-2-4(11(12,13)14)8(19)15-10(16)20/h2,5-7,9,17-18H,3H2,1H3,(H,15,19,20)/t5-,6?,7?,9-/m0/s1. The molecule has 2 rings (SSSR count). The number of aliphatic hydroxyl groups excluding tert-OH is 2. The molecule has 1 fully saturated rings. The van der Waals surface area contributed by atoms with Crippen LogP contribution in [0.5, 0.6) is 0 Å². The number of alkyl halides is 3. The van der Waals surface area contributed by atoms with E-state index in [2.05, 4.69) is 0 Å². The number of methoxy groups -OCH3 is 1. The molecule has 2 unspecified atom stereocenters. The van der Waals surface area contributed by atoms with E-state index >= 15 is 0 Å². The van der Waals surface area contributed by atoms with Crippen LogP contribution >= 0.6 is 0 Å². The van der Waals surface area contributed by atoms with E-state index in [-0.39, 0.29) is 0 Å². The van der Waals surface area contributed by atoms with Crippen LogP contribution < -0.4 is 11.2 Å². The number of halogens is 3. The molecule has 1 aromatic rings. The Bertz CT molecular complexity index is 654. The third-order valence-corrected chi connectivity index (χ3v) is 3.31. The van der Waals surface area contributed by atoms with Crippen molar-refractivity contribution in [3.05, 3.63) is 32.6 Å². The minimum absolute atomic E-state index is 0.296. The van der Waals surface area contributed by atoms with E-state index in [4.69, 9.17) is 14.6 Å². The molecule has 11 heteroatoms. The Hall–Kier alpha value is -1.69. The zero-order valence-corrected chi connectivity index (χ0v) is 11.2. The summed E-state index contributed by atoms with van der Waals surface area (Å²) in [6.07, 6.45) is -9.79. The van der Waals surface area contributed by atoms with Gasteiger partial charge in [-0.3, -0.25) is 14.3 Å². The van der Waals surface area contributed by atoms with Crippen LogP contribution in [0.3, 0.4) is 0 Å². The summed E-state index contributed by atoms with van der Waals surface area (Å²) in [6.45, 7) is -0.623. The van der Waals surface area contributed by atoms with E-state index < -0.39 is 54.1 Å². The first kappa shape index (κ1) is 16.7. The Labute approximate surface area is 120 Å². The molecule has 1 aromatic heterocycles. The van der Waals surface area contributed by atoms with Crippen LogP contribution in [0.1, 0.15) is 11.8 Å². The summed E-state index contributed by atoms with van der Waals surface area (Å²) in [5, 5.41) is 18.9. The second-order valence-electron chi connectivity index (χ2n) is 4.65. The Balaban J connectivity index is 2.53. The van der Waals surface area contributed by atoms with Crippen LogP contribution in [0.2, 0.25) is 0 Å². The zero-order valence-electron chi connectivity index (χ0n) is 11.2. The van der Waals surface area contributed by atoms with Gasteiger partial charge in [-0.15, -0.1) is 0 Å². The molecule has 124 valence electrons. The molecule has 1 aliphatic heterocycles. The Morgan fingerprint density at radius 1 is 1.45 bits per heavy atom. The maximum Gasteiger partial charge on any atom is 0.423 e. The SMILES string of the molecule is COC1C(O)[C@H](CO)O[C@@H]1n1cc(C(F)(F)F)c(=O)[nH]c1=O. The summed E-state index contributed by atoms with van der Waals surface area (Å²) < 4.78 is 48.8. The molecule has 0 bridgehead atoms. The highest BCUT2D eigenvalue weighted by atomic mass is 19.4. The van der Waals surface area contributed by atoms with E-state index in [1.165, 1.54) is 4.98 Å². The number of nitrogens with zero attached hydrogens (tertiary/aromatic N) is 1. The van der Waals surface area contributed by atoms with Crippen molar-refractivity contribution in [2.24, 2.45) is 0 Å². The van der Waals surface area contributed by atoms with Gasteiger partial charge in [0.1, 0.15) is 23.9 Å². The predicted molar refractivity (Wildman–Crippen MR) is 64.1 cm³/mol. The average Bonchev–Trinajstić information content (AvgIpc) is 2.73. The Kier molecular flexibility index (Phi) is 4.42. The molecule has 0 saturated carbocycles. The van der Waals surface area contributed by atoms with Crippen LogP contribution in [-0.2, 0) is 15.7 Å². The van der Waals surface area contributed by atoms with Crippen LogP contribution in [0.4, 0.5) is 13.2 Å². The van der Waals surface area contributed by atoms with Crippen molar-refractivity contribution in [1.82, 2.24) is 9.55 Å². The van der Waals surface area contributed by atoms with Gasteiger partial charge in [0.25, 0.3) is 5.56 Å². The summed E-state index contributed by atoms with van der Waals surface area (Å²) in [4.78, 5) is 24.5. The largest absolute Gasteiger partial charge is 0.423 e. The topological polar surface area (TPSA) is 114 Å². The number of H-pyrrole nitrogens is 1. The monoisotopic (exact) mass is 326 g/mol. The molecule has 0 aromatic carbocycles. The number of rotatable bonds is 3. The summed E-state index contributed by atoms with van der Waals surface area (Å²) in [6, 6.07) is 0. The molecule has 22 heavy (non-hydrogen) atoms. The highest BCUT2D eigenvalue weighted by molar-refractivity contribution is 5.10. The van der Waals surface area contributed by atoms with Crippen molar-refractivity contribution < 1.29 is 32.9 Å². The fourth-order valence-corrected chi connectivity index (χ4v) is 2.22. The molecular formula is C11H13F3N2O6. The van der Waals surface area contributed by atoms with Gasteiger partial charge in [-0.05, 0) is 0 Å². The van der Waals surface area contributed by atoms with Gasteiger partial charge in [-0.2, -0.15) is 13.2 Å². The lowest BCUT2D eigenvalue weighted by Gasteiger charge is -2.21. The van der Waals surface area contributed by atoms with Gasteiger partial charge in [-0.1, -0.05) is 0 Å². The molecule has 8 nitrogen and oxygen atoms in total. The number of nitrogens with one attached hydrogen (secondary N) is 1. The smallest absolute Gasteiger partial charge is 0.394 e. The van der Waals surface area contributed by atoms with E-state index in [0.717, 1.165) is 7.11 Å². The first-order valence-electron chi connectivity index (χ1n) is 6.10. The maximum atomic E-state index is 12.7. The summed E-state index contributed by atoms with van der Waals surface area (Å²) in [7, 11) is 1.16. The first-order chi connectivity index (χ1) is 10.2. The molecular weight excluding hydrogens is 313 g/mol. The number of aromatic amines is 1. The highest BCUT2D eigenvalue weighted by Crippen LogP contribution is 2.31. The Morgan fingerprint density at radius 3 is 2.59 bits per heavy atom. The second-order valence-corrected chi connectivity index (χ2v) is 4.65. The van der Waals surface area contributed by atoms with Crippen LogP contribution in [-0.4, -0.2) is 51.8 Å². The summed E-state index contributed by atoms with van der Waals surface area (Å²) in [5.41, 5.74) is -4.33. The third-order valence-electron chi connectivity index (χ3n) is 3.31. The second kappa shape index (κ2) is 5.83. The summed E-state index contributed by atoms with van der Waals surface area (Å²) >= 11 is 0. The van der Waals surface area contributed by atoms with Crippen molar-refractivity contribution in [3.8, 4) is 0 Å². The zero-order chi connectivity index (χ0) is 16.7. The molecule has 0 aliphatic carbocycles. The average molecular weight is 326 g/mol. The first-order valence-corrected chi connectivity index (χ1v) is 6.10. The third kappa shape index (κ3) is 2.79. The van der Waals surface area contributed by atoms with Crippen molar-refractivity contribution in [1.29, 1.82) is 0 Å². The van der Waals surface area contributed by atoms with E-state index in [0.29, 0.717) is 10.8 Å². The van der Waals surface area contributed by atoms with Crippen molar-refractivity contribution in [2.45, 2.75) is 30.7 Å². The van der Waals surface area contributed by atoms with Gasteiger partial charge in [0.05, 0.1) is 6.61 Å². The number of hydrogen-bond donors (Lipinski definition) is 3. The van der Waals surface area contributed by atoms with Gasteiger partial charge in [-0.25, -0.2) is 4.79 Å². The normalized spacial score (nSPS) is 29.0. The van der Waals surface area contributed by atoms with Crippen molar-refractivity contribution >= 4 is 0 Å². The number of hydrogen-bond acceptors (Lipinski definition) is 6. The van der Waals surface area contributed by atoms with E-state index in [1.54, 1.807) is 0 Å². The van der Waals surface area contributed by atoms with Gasteiger partial charge < -0.3 is 19.7 Å². The molecule has 0 radical (unpaired) electrons. The molecule has 1 aliphatic rings. The van der Waals surface area contributed by atoms with Gasteiger partial charge >= 0.3 is 11.9 Å². The van der Waals surface area contributed by atoms with Gasteiger partial charge in [0.15, 0.2) is 6.23 Å². The van der Waals surface area contributed by atoms with Crippen LogP contribution in [0.25, 0.3) is 0 Å². The number of aromatic nitrogens is 2.